The highest BCUT2D eigenvalue weighted by Crippen LogP contribution is 2.38. The number of hydrogen-bond donors (Lipinski definition) is 5. The van der Waals surface area contributed by atoms with E-state index in [2.05, 4.69) is 62.3 Å². The molecule has 0 spiro atoms. The highest BCUT2D eigenvalue weighted by Gasteiger charge is 2.39. The molecular weight excluding hydrogens is 702 g/mol. The fourth-order valence-corrected chi connectivity index (χ4v) is 8.49. The highest BCUT2D eigenvalue weighted by molar-refractivity contribution is 5.87. The van der Waals surface area contributed by atoms with Gasteiger partial charge in [-0.1, -0.05) is 39.8 Å². The van der Waals surface area contributed by atoms with Crippen molar-refractivity contribution >= 4 is 46.1 Å². The normalized spacial score (nSPS) is 22.5. The number of alkyl carbamates (subject to hydrolysis) is 2. The number of likely N-dealkylation sites (tertiary alicyclic amines) is 2. The van der Waals surface area contributed by atoms with E-state index in [9.17, 15) is 19.2 Å². The van der Waals surface area contributed by atoms with E-state index < -0.39 is 24.3 Å². The molecule has 6 atom stereocenters. The van der Waals surface area contributed by atoms with Crippen LogP contribution in [0.25, 0.3) is 22.1 Å². The van der Waals surface area contributed by atoms with Gasteiger partial charge in [-0.05, 0) is 85.8 Å². The van der Waals surface area contributed by atoms with Crippen LogP contribution in [-0.4, -0.2) is 93.1 Å². The molecule has 4 amide bonds. The molecule has 4 aromatic rings. The molecule has 3 saturated heterocycles. The van der Waals surface area contributed by atoms with Gasteiger partial charge in [0, 0.05) is 25.2 Å². The number of aromatic amines is 2. The van der Waals surface area contributed by atoms with Crippen molar-refractivity contribution in [1.29, 1.82) is 0 Å². The molecule has 3 fully saturated rings. The molecule has 15 nitrogen and oxygen atoms in total. The zero-order valence-corrected chi connectivity index (χ0v) is 32.5. The minimum absolute atomic E-state index is 0.102. The SMILES string of the molecule is COC(=O)N[C@H](C(=O)N1CCC[C@H]1c1nc2cc([C@H]3CC[C@H](c4ccc5[nH]c([C@@H]6CCCN6C(=O)[C@@H](NC(=O)OC)C(C)C)nc5c4)N3)ccc2[nH]1)C(C)C. The Morgan fingerprint density at radius 1 is 0.673 bits per heavy atom. The van der Waals surface area contributed by atoms with E-state index in [0.717, 1.165) is 83.4 Å². The lowest BCUT2D eigenvalue weighted by Crippen LogP contribution is -2.51. The molecule has 5 N–H and O–H groups in total. The number of hydrogen-bond acceptors (Lipinski definition) is 9. The van der Waals surface area contributed by atoms with Gasteiger partial charge >= 0.3 is 12.2 Å². The van der Waals surface area contributed by atoms with Gasteiger partial charge < -0.3 is 45.2 Å². The molecule has 0 saturated carbocycles. The third-order valence-corrected chi connectivity index (χ3v) is 11.5. The zero-order valence-electron chi connectivity index (χ0n) is 32.5. The molecule has 15 heteroatoms. The van der Waals surface area contributed by atoms with Crippen molar-refractivity contribution in [2.24, 2.45) is 11.8 Å². The van der Waals surface area contributed by atoms with Crippen molar-refractivity contribution in [3.8, 4) is 0 Å². The highest BCUT2D eigenvalue weighted by atomic mass is 16.5. The van der Waals surface area contributed by atoms with Gasteiger partial charge in [0.1, 0.15) is 23.7 Å². The van der Waals surface area contributed by atoms with Gasteiger partial charge in [-0.25, -0.2) is 19.6 Å². The average molecular weight is 756 g/mol. The van der Waals surface area contributed by atoms with E-state index in [-0.39, 0.29) is 47.8 Å². The second kappa shape index (κ2) is 15.9. The largest absolute Gasteiger partial charge is 0.453 e. The number of aromatic nitrogens is 4. The summed E-state index contributed by atoms with van der Waals surface area (Å²) < 4.78 is 9.55. The van der Waals surface area contributed by atoms with Crippen LogP contribution in [0.4, 0.5) is 9.59 Å². The van der Waals surface area contributed by atoms with Gasteiger partial charge in [-0.3, -0.25) is 9.59 Å². The monoisotopic (exact) mass is 755 g/mol. The first-order chi connectivity index (χ1) is 26.4. The number of amides is 4. The maximum atomic E-state index is 13.6. The van der Waals surface area contributed by atoms with Crippen molar-refractivity contribution in [1.82, 2.24) is 45.7 Å². The van der Waals surface area contributed by atoms with E-state index in [1.165, 1.54) is 14.2 Å². The molecule has 0 unspecified atom stereocenters. The van der Waals surface area contributed by atoms with Crippen LogP contribution in [0, 0.1) is 11.8 Å². The Kier molecular flexibility index (Phi) is 11.0. The molecule has 2 aromatic carbocycles. The zero-order chi connectivity index (χ0) is 39.0. The summed E-state index contributed by atoms with van der Waals surface area (Å²) in [5.74, 6) is 1.05. The average Bonchev–Trinajstić information content (AvgIpc) is 4.02. The number of rotatable bonds is 10. The van der Waals surface area contributed by atoms with E-state index in [0.29, 0.717) is 13.1 Å². The summed E-state index contributed by atoms with van der Waals surface area (Å²) in [5, 5.41) is 9.26. The van der Waals surface area contributed by atoms with Crippen LogP contribution < -0.4 is 16.0 Å². The van der Waals surface area contributed by atoms with Crippen molar-refractivity contribution in [2.45, 2.75) is 102 Å². The number of carbonyl (C=O) groups excluding carboxylic acids is 4. The maximum Gasteiger partial charge on any atom is 0.407 e. The van der Waals surface area contributed by atoms with Crippen molar-refractivity contribution in [3.63, 3.8) is 0 Å². The minimum Gasteiger partial charge on any atom is -0.453 e. The standard InChI is InChI=1S/C40H53N9O6/c1-21(2)33(46-39(52)54-5)37(50)48-17-7-9-31(48)35-42-27-13-11-23(19-29(27)44-35)25-15-16-26(41-25)24-12-14-28-30(20-24)45-36(43-28)32-10-8-18-49(32)38(51)34(22(3)4)47-40(53)55-6/h11-14,19-22,25-26,31-34,41H,7-10,15-18H2,1-6H3,(H,42,44)(H,43,45)(H,46,52)(H,47,53)/t25-,26-,31+,32+,33+,34+/m1/s1. The number of nitrogens with zero attached hydrogens (tertiary/aromatic N) is 4. The van der Waals surface area contributed by atoms with Crippen LogP contribution >= 0.6 is 0 Å². The summed E-state index contributed by atoms with van der Waals surface area (Å²) in [5.41, 5.74) is 5.87. The van der Waals surface area contributed by atoms with E-state index in [1.807, 2.05) is 37.5 Å². The number of benzene rings is 2. The Bertz CT molecular complexity index is 1910. The van der Waals surface area contributed by atoms with E-state index in [1.54, 1.807) is 0 Å². The molecule has 0 bridgehead atoms. The number of imidazole rings is 2. The summed E-state index contributed by atoms with van der Waals surface area (Å²) in [4.78, 5) is 71.8. The van der Waals surface area contributed by atoms with Crippen LogP contribution in [0.2, 0.25) is 0 Å². The Morgan fingerprint density at radius 2 is 1.09 bits per heavy atom. The Hall–Kier alpha value is -5.18. The minimum atomic E-state index is -0.685. The Balaban J connectivity index is 1.03. The molecule has 5 heterocycles. The number of carbonyl (C=O) groups is 4. The number of ether oxygens (including phenoxy) is 2. The first kappa shape index (κ1) is 38.1. The maximum absolute atomic E-state index is 13.6. The second-order valence-corrected chi connectivity index (χ2v) is 15.7. The van der Waals surface area contributed by atoms with Gasteiger partial charge in [0.15, 0.2) is 0 Å². The van der Waals surface area contributed by atoms with Gasteiger partial charge in [-0.15, -0.1) is 0 Å². The van der Waals surface area contributed by atoms with Gasteiger partial charge in [0.2, 0.25) is 11.8 Å². The van der Waals surface area contributed by atoms with Gasteiger partial charge in [0.05, 0.1) is 48.4 Å². The molecule has 3 aliphatic rings. The third kappa shape index (κ3) is 7.71. The molecule has 0 radical (unpaired) electrons. The van der Waals surface area contributed by atoms with Crippen molar-refractivity contribution in [3.05, 3.63) is 59.2 Å². The van der Waals surface area contributed by atoms with Crippen LogP contribution in [0.5, 0.6) is 0 Å². The topological polar surface area (TPSA) is 187 Å². The number of H-pyrrole nitrogens is 2. The first-order valence-electron chi connectivity index (χ1n) is 19.5. The van der Waals surface area contributed by atoms with Crippen molar-refractivity contribution in [2.75, 3.05) is 27.3 Å². The Labute approximate surface area is 320 Å². The molecule has 55 heavy (non-hydrogen) atoms. The molecule has 3 aliphatic heterocycles. The second-order valence-electron chi connectivity index (χ2n) is 15.7. The first-order valence-corrected chi connectivity index (χ1v) is 19.5. The summed E-state index contributed by atoms with van der Waals surface area (Å²) >= 11 is 0. The summed E-state index contributed by atoms with van der Waals surface area (Å²) in [6, 6.07) is 11.2. The molecular formula is C40H53N9O6. The van der Waals surface area contributed by atoms with Crippen LogP contribution in [-0.2, 0) is 19.1 Å². The summed E-state index contributed by atoms with van der Waals surface area (Å²) in [7, 11) is 2.59. The Morgan fingerprint density at radius 3 is 1.47 bits per heavy atom. The third-order valence-electron chi connectivity index (χ3n) is 11.5. The van der Waals surface area contributed by atoms with Crippen LogP contribution in [0.15, 0.2) is 36.4 Å². The number of nitrogens with one attached hydrogen (secondary N) is 5. The fraction of sp³-hybridized carbons (Fsp3) is 0.550. The van der Waals surface area contributed by atoms with Gasteiger partial charge in [-0.2, -0.15) is 0 Å². The smallest absolute Gasteiger partial charge is 0.407 e. The van der Waals surface area contributed by atoms with E-state index >= 15 is 0 Å². The lowest BCUT2D eigenvalue weighted by atomic mass is 10.0. The van der Waals surface area contributed by atoms with Gasteiger partial charge in [0.25, 0.3) is 0 Å². The number of methoxy groups -OCH3 is 2. The predicted molar refractivity (Wildman–Crippen MR) is 206 cm³/mol. The fourth-order valence-electron chi connectivity index (χ4n) is 8.49. The molecule has 2 aromatic heterocycles. The molecule has 294 valence electrons. The molecule has 7 rings (SSSR count). The summed E-state index contributed by atoms with van der Waals surface area (Å²) in [6.45, 7) is 8.84. The lowest BCUT2D eigenvalue weighted by molar-refractivity contribution is -0.136. The summed E-state index contributed by atoms with van der Waals surface area (Å²) in [6.07, 6.45) is 3.97. The lowest BCUT2D eigenvalue weighted by Gasteiger charge is -2.29. The quantitative estimate of drug-likeness (QED) is 0.136. The molecule has 0 aliphatic carbocycles. The van der Waals surface area contributed by atoms with Crippen LogP contribution in [0.3, 0.4) is 0 Å². The van der Waals surface area contributed by atoms with E-state index in [4.69, 9.17) is 19.4 Å². The number of fused-ring (bicyclic) bond motifs is 2. The predicted octanol–water partition coefficient (Wildman–Crippen LogP) is 5.69. The van der Waals surface area contributed by atoms with Crippen molar-refractivity contribution < 1.29 is 28.7 Å². The van der Waals surface area contributed by atoms with Crippen LogP contribution in [0.1, 0.15) is 113 Å².